The van der Waals surface area contributed by atoms with E-state index in [1.54, 1.807) is 19.2 Å². The Labute approximate surface area is 104 Å². The lowest BCUT2D eigenvalue weighted by atomic mass is 9.97. The lowest BCUT2D eigenvalue weighted by molar-refractivity contribution is 0.213. The lowest BCUT2D eigenvalue weighted by Gasteiger charge is -2.15. The molecule has 1 unspecified atom stereocenters. The van der Waals surface area contributed by atoms with E-state index in [2.05, 4.69) is 4.98 Å². The van der Waals surface area contributed by atoms with Gasteiger partial charge < -0.3 is 5.11 Å². The number of rotatable bonds is 2. The van der Waals surface area contributed by atoms with Gasteiger partial charge >= 0.3 is 0 Å². The maximum absolute atomic E-state index is 13.7. The van der Waals surface area contributed by atoms with Crippen LogP contribution >= 0.6 is 0 Å². The molecular formula is C14H13F2NO. The summed E-state index contributed by atoms with van der Waals surface area (Å²) in [4.78, 5) is 3.91. The molecule has 0 saturated carbocycles. The van der Waals surface area contributed by atoms with Crippen molar-refractivity contribution in [3.05, 3.63) is 64.5 Å². The van der Waals surface area contributed by atoms with Gasteiger partial charge in [-0.15, -0.1) is 0 Å². The molecule has 0 aliphatic carbocycles. The van der Waals surface area contributed by atoms with Gasteiger partial charge in [0.15, 0.2) is 0 Å². The van der Waals surface area contributed by atoms with Crippen LogP contribution in [-0.2, 0) is 0 Å². The predicted molar refractivity (Wildman–Crippen MR) is 64.1 cm³/mol. The van der Waals surface area contributed by atoms with Crippen molar-refractivity contribution < 1.29 is 13.9 Å². The van der Waals surface area contributed by atoms with Gasteiger partial charge in [-0.05, 0) is 37.1 Å². The molecule has 0 fully saturated rings. The summed E-state index contributed by atoms with van der Waals surface area (Å²) in [5.41, 5.74) is 1.68. The van der Waals surface area contributed by atoms with Crippen molar-refractivity contribution in [3.63, 3.8) is 0 Å². The molecular weight excluding hydrogens is 236 g/mol. The second kappa shape index (κ2) is 4.82. The van der Waals surface area contributed by atoms with Crippen molar-refractivity contribution in [2.45, 2.75) is 20.0 Å². The van der Waals surface area contributed by atoms with Gasteiger partial charge in [-0.2, -0.15) is 0 Å². The van der Waals surface area contributed by atoms with Crippen molar-refractivity contribution in [2.24, 2.45) is 0 Å². The zero-order valence-corrected chi connectivity index (χ0v) is 10.1. The quantitative estimate of drug-likeness (QED) is 0.887. The number of hydrogen-bond acceptors (Lipinski definition) is 2. The highest BCUT2D eigenvalue weighted by molar-refractivity contribution is 5.36. The van der Waals surface area contributed by atoms with Gasteiger partial charge in [0, 0.05) is 29.6 Å². The van der Waals surface area contributed by atoms with Crippen molar-refractivity contribution >= 4 is 0 Å². The van der Waals surface area contributed by atoms with Crippen molar-refractivity contribution in [1.82, 2.24) is 4.98 Å². The van der Waals surface area contributed by atoms with E-state index in [4.69, 9.17) is 0 Å². The average molecular weight is 249 g/mol. The summed E-state index contributed by atoms with van der Waals surface area (Å²) >= 11 is 0. The number of aromatic nitrogens is 1. The SMILES string of the molecule is Cc1cc(C(O)c2cnccc2C)c(F)cc1F. The first-order valence-corrected chi connectivity index (χ1v) is 5.55. The fourth-order valence-electron chi connectivity index (χ4n) is 1.82. The minimum atomic E-state index is -1.14. The third-order valence-electron chi connectivity index (χ3n) is 2.95. The van der Waals surface area contributed by atoms with Crippen LogP contribution in [-0.4, -0.2) is 10.1 Å². The molecule has 0 amide bonds. The van der Waals surface area contributed by atoms with Crippen molar-refractivity contribution in [3.8, 4) is 0 Å². The van der Waals surface area contributed by atoms with E-state index >= 15 is 0 Å². The van der Waals surface area contributed by atoms with Gasteiger partial charge in [0.25, 0.3) is 0 Å². The molecule has 0 saturated heterocycles. The number of halogens is 2. The number of aliphatic hydroxyl groups excluding tert-OH is 1. The summed E-state index contributed by atoms with van der Waals surface area (Å²) in [7, 11) is 0. The first kappa shape index (κ1) is 12.6. The second-order valence-corrected chi connectivity index (χ2v) is 4.26. The van der Waals surface area contributed by atoms with E-state index in [-0.39, 0.29) is 5.56 Å². The highest BCUT2D eigenvalue weighted by atomic mass is 19.1. The molecule has 1 aromatic carbocycles. The van der Waals surface area contributed by atoms with Gasteiger partial charge in [0.1, 0.15) is 17.7 Å². The molecule has 2 aromatic rings. The number of hydrogen-bond donors (Lipinski definition) is 1. The Bertz CT molecular complexity index is 584. The van der Waals surface area contributed by atoms with Crippen LogP contribution in [0.5, 0.6) is 0 Å². The molecule has 2 rings (SSSR count). The highest BCUT2D eigenvalue weighted by Gasteiger charge is 2.18. The molecule has 0 aliphatic rings. The van der Waals surface area contributed by atoms with E-state index in [1.807, 2.05) is 0 Å². The van der Waals surface area contributed by atoms with E-state index in [0.717, 1.165) is 11.6 Å². The predicted octanol–water partition coefficient (Wildman–Crippen LogP) is 3.06. The van der Waals surface area contributed by atoms with Crippen LogP contribution in [0.3, 0.4) is 0 Å². The maximum Gasteiger partial charge on any atom is 0.132 e. The summed E-state index contributed by atoms with van der Waals surface area (Å²) in [5, 5.41) is 10.2. The van der Waals surface area contributed by atoms with Crippen molar-refractivity contribution in [1.29, 1.82) is 0 Å². The first-order valence-electron chi connectivity index (χ1n) is 5.55. The molecule has 0 aliphatic heterocycles. The summed E-state index contributed by atoms with van der Waals surface area (Å²) in [6.45, 7) is 3.33. The number of nitrogens with zero attached hydrogens (tertiary/aromatic N) is 1. The van der Waals surface area contributed by atoms with Crippen LogP contribution in [0.2, 0.25) is 0 Å². The maximum atomic E-state index is 13.7. The van der Waals surface area contributed by atoms with Crippen LogP contribution in [0.15, 0.2) is 30.6 Å². The third kappa shape index (κ3) is 2.24. The molecule has 0 radical (unpaired) electrons. The van der Waals surface area contributed by atoms with Gasteiger partial charge in [0.2, 0.25) is 0 Å². The van der Waals surface area contributed by atoms with Crippen molar-refractivity contribution in [2.75, 3.05) is 0 Å². The summed E-state index contributed by atoms with van der Waals surface area (Å²) in [6.07, 6.45) is 1.94. The number of benzene rings is 1. The Morgan fingerprint density at radius 2 is 1.78 bits per heavy atom. The smallest absolute Gasteiger partial charge is 0.132 e. The Morgan fingerprint density at radius 3 is 2.44 bits per heavy atom. The Hall–Kier alpha value is -1.81. The zero-order valence-electron chi connectivity index (χ0n) is 10.1. The molecule has 0 spiro atoms. The standard InChI is InChI=1S/C14H13F2NO/c1-8-3-4-17-7-11(8)14(18)10-5-9(2)12(15)6-13(10)16/h3-7,14,18H,1-2H3. The molecule has 1 aromatic heterocycles. The summed E-state index contributed by atoms with van der Waals surface area (Å²) in [6, 6.07) is 3.84. The van der Waals surface area contributed by atoms with Crippen LogP contribution in [0.4, 0.5) is 8.78 Å². The van der Waals surface area contributed by atoms with Gasteiger partial charge in [-0.1, -0.05) is 0 Å². The fourth-order valence-corrected chi connectivity index (χ4v) is 1.82. The number of aliphatic hydroxyl groups is 1. The minimum absolute atomic E-state index is 0.0602. The van der Waals surface area contributed by atoms with E-state index in [9.17, 15) is 13.9 Å². The Balaban J connectivity index is 2.50. The highest BCUT2D eigenvalue weighted by Crippen LogP contribution is 2.27. The Kier molecular flexibility index (Phi) is 3.39. The van der Waals surface area contributed by atoms with E-state index in [1.165, 1.54) is 19.2 Å². The summed E-state index contributed by atoms with van der Waals surface area (Å²) < 4.78 is 26.8. The normalized spacial score (nSPS) is 12.5. The topological polar surface area (TPSA) is 33.1 Å². The molecule has 1 atom stereocenters. The van der Waals surface area contributed by atoms with E-state index in [0.29, 0.717) is 11.1 Å². The summed E-state index contributed by atoms with van der Waals surface area (Å²) in [5.74, 6) is -1.37. The van der Waals surface area contributed by atoms with E-state index < -0.39 is 17.7 Å². The molecule has 0 bridgehead atoms. The third-order valence-corrected chi connectivity index (χ3v) is 2.95. The van der Waals surface area contributed by atoms with Gasteiger partial charge in [-0.3, -0.25) is 4.98 Å². The molecule has 1 heterocycles. The largest absolute Gasteiger partial charge is 0.383 e. The van der Waals surface area contributed by atoms with Crippen LogP contribution in [0.1, 0.15) is 28.4 Å². The minimum Gasteiger partial charge on any atom is -0.383 e. The van der Waals surface area contributed by atoms with Gasteiger partial charge in [-0.25, -0.2) is 8.78 Å². The van der Waals surface area contributed by atoms with Gasteiger partial charge in [0.05, 0.1) is 0 Å². The first-order chi connectivity index (χ1) is 8.50. The molecule has 2 nitrogen and oxygen atoms in total. The number of pyridine rings is 1. The second-order valence-electron chi connectivity index (χ2n) is 4.26. The zero-order chi connectivity index (χ0) is 13.3. The van der Waals surface area contributed by atoms with Crippen LogP contribution < -0.4 is 0 Å². The molecule has 18 heavy (non-hydrogen) atoms. The molecule has 1 N–H and O–H groups in total. The lowest BCUT2D eigenvalue weighted by Crippen LogP contribution is -2.06. The average Bonchev–Trinajstić information content (AvgIpc) is 2.33. The molecule has 4 heteroatoms. The Morgan fingerprint density at radius 1 is 1.06 bits per heavy atom. The van der Waals surface area contributed by atoms with Crippen LogP contribution in [0, 0.1) is 25.5 Å². The molecule has 94 valence electrons. The fraction of sp³-hybridized carbons (Fsp3) is 0.214. The number of aryl methyl sites for hydroxylation is 2. The monoisotopic (exact) mass is 249 g/mol. The van der Waals surface area contributed by atoms with Crippen LogP contribution in [0.25, 0.3) is 0 Å².